The van der Waals surface area contributed by atoms with Crippen molar-refractivity contribution in [2.75, 3.05) is 5.32 Å². The van der Waals surface area contributed by atoms with Crippen LogP contribution in [-0.4, -0.2) is 5.91 Å². The number of aryl methyl sites for hydroxylation is 1. The molecule has 0 fully saturated rings. The van der Waals surface area contributed by atoms with E-state index in [9.17, 15) is 4.79 Å². The van der Waals surface area contributed by atoms with Gasteiger partial charge < -0.3 is 11.1 Å². The van der Waals surface area contributed by atoms with E-state index in [-0.39, 0.29) is 5.91 Å². The third kappa shape index (κ3) is 3.85. The molecule has 0 aliphatic rings. The van der Waals surface area contributed by atoms with Gasteiger partial charge in [-0.05, 0) is 35.2 Å². The Morgan fingerprint density at radius 3 is 2.30 bits per heavy atom. The predicted octanol–water partition coefficient (Wildman–Crippen LogP) is 2.89. The lowest BCUT2D eigenvalue weighted by Crippen LogP contribution is -2.13. The lowest BCUT2D eigenvalue weighted by atomic mass is 10.1. The molecule has 3 heteroatoms. The molecule has 1 amide bonds. The largest absolute Gasteiger partial charge is 0.381 e. The summed E-state index contributed by atoms with van der Waals surface area (Å²) in [6.07, 6.45) is 1.33. The molecule has 0 saturated heterocycles. The molecule has 2 aromatic rings. The summed E-state index contributed by atoms with van der Waals surface area (Å²) in [5.41, 5.74) is 9.84. The van der Waals surface area contributed by atoms with Gasteiger partial charge in [0.15, 0.2) is 0 Å². The maximum absolute atomic E-state index is 10.8. The first-order valence-electron chi connectivity index (χ1n) is 6.87. The van der Waals surface area contributed by atoms with Gasteiger partial charge in [0.05, 0.1) is 6.42 Å². The van der Waals surface area contributed by atoms with Gasteiger partial charge in [0.25, 0.3) is 0 Å². The number of hydrogen-bond donors (Lipinski definition) is 2. The topological polar surface area (TPSA) is 55.1 Å². The van der Waals surface area contributed by atoms with Crippen LogP contribution in [0.2, 0.25) is 0 Å². The zero-order chi connectivity index (χ0) is 14.4. The standard InChI is InChI=1S/C17H20N2O/c1-2-14-5-3-4-6-15(14)12-19-16-9-7-13(8-10-16)11-17(18)20/h3-10,19H,2,11-12H2,1H3,(H2,18,20). The average Bonchev–Trinajstić information content (AvgIpc) is 2.46. The highest BCUT2D eigenvalue weighted by atomic mass is 16.1. The van der Waals surface area contributed by atoms with E-state index < -0.39 is 0 Å². The number of carbonyl (C=O) groups excluding carboxylic acids is 1. The van der Waals surface area contributed by atoms with Crippen molar-refractivity contribution in [2.45, 2.75) is 26.3 Å². The Morgan fingerprint density at radius 2 is 1.70 bits per heavy atom. The first-order chi connectivity index (χ1) is 9.69. The molecule has 0 spiro atoms. The fourth-order valence-electron chi connectivity index (χ4n) is 2.21. The maximum atomic E-state index is 10.8. The zero-order valence-electron chi connectivity index (χ0n) is 11.7. The summed E-state index contributed by atoms with van der Waals surface area (Å²) in [6.45, 7) is 2.97. The molecule has 0 atom stereocenters. The summed E-state index contributed by atoms with van der Waals surface area (Å²) in [6, 6.07) is 16.3. The number of benzene rings is 2. The summed E-state index contributed by atoms with van der Waals surface area (Å²) >= 11 is 0. The van der Waals surface area contributed by atoms with Gasteiger partial charge in [0, 0.05) is 12.2 Å². The van der Waals surface area contributed by atoms with Crippen molar-refractivity contribution >= 4 is 11.6 Å². The van der Waals surface area contributed by atoms with E-state index in [2.05, 4.69) is 36.5 Å². The molecule has 0 unspecified atom stereocenters. The van der Waals surface area contributed by atoms with Crippen molar-refractivity contribution < 1.29 is 4.79 Å². The summed E-state index contributed by atoms with van der Waals surface area (Å²) in [5, 5.41) is 3.40. The summed E-state index contributed by atoms with van der Waals surface area (Å²) in [7, 11) is 0. The number of rotatable bonds is 6. The first kappa shape index (κ1) is 14.1. The smallest absolute Gasteiger partial charge is 0.221 e. The number of nitrogens with two attached hydrogens (primary N) is 1. The molecule has 2 rings (SSSR count). The zero-order valence-corrected chi connectivity index (χ0v) is 11.7. The van der Waals surface area contributed by atoms with E-state index in [0.717, 1.165) is 24.2 Å². The van der Waals surface area contributed by atoms with Gasteiger partial charge in [-0.3, -0.25) is 4.79 Å². The van der Waals surface area contributed by atoms with Crippen LogP contribution in [0.4, 0.5) is 5.69 Å². The van der Waals surface area contributed by atoms with Crippen molar-refractivity contribution in [2.24, 2.45) is 5.73 Å². The van der Waals surface area contributed by atoms with Crippen LogP contribution in [0.3, 0.4) is 0 Å². The van der Waals surface area contributed by atoms with Gasteiger partial charge in [0.2, 0.25) is 5.91 Å². The average molecular weight is 268 g/mol. The summed E-state index contributed by atoms with van der Waals surface area (Å²) in [5.74, 6) is -0.303. The predicted molar refractivity (Wildman–Crippen MR) is 82.5 cm³/mol. The molecule has 104 valence electrons. The van der Waals surface area contributed by atoms with Gasteiger partial charge in [-0.15, -0.1) is 0 Å². The van der Waals surface area contributed by atoms with Gasteiger partial charge in [-0.2, -0.15) is 0 Å². The van der Waals surface area contributed by atoms with Crippen molar-refractivity contribution in [3.05, 3.63) is 65.2 Å². The Balaban J connectivity index is 1.98. The molecular formula is C17H20N2O. The quantitative estimate of drug-likeness (QED) is 0.846. The number of amides is 1. The lowest BCUT2D eigenvalue weighted by Gasteiger charge is -2.10. The Kier molecular flexibility index (Phi) is 4.77. The van der Waals surface area contributed by atoms with Gasteiger partial charge in [-0.1, -0.05) is 43.3 Å². The van der Waals surface area contributed by atoms with Crippen LogP contribution >= 0.6 is 0 Å². The second-order valence-electron chi connectivity index (χ2n) is 4.82. The summed E-state index contributed by atoms with van der Waals surface area (Å²) < 4.78 is 0. The highest BCUT2D eigenvalue weighted by Gasteiger charge is 2.01. The number of carbonyl (C=O) groups is 1. The van der Waals surface area contributed by atoms with Crippen molar-refractivity contribution in [3.8, 4) is 0 Å². The molecule has 0 heterocycles. The van der Waals surface area contributed by atoms with Crippen molar-refractivity contribution in [1.82, 2.24) is 0 Å². The normalized spacial score (nSPS) is 10.2. The van der Waals surface area contributed by atoms with Crippen LogP contribution in [0.15, 0.2) is 48.5 Å². The van der Waals surface area contributed by atoms with Crippen LogP contribution in [0.1, 0.15) is 23.6 Å². The minimum atomic E-state index is -0.303. The molecule has 0 aromatic heterocycles. The Hall–Kier alpha value is -2.29. The number of anilines is 1. The van der Waals surface area contributed by atoms with E-state index in [1.54, 1.807) is 0 Å². The van der Waals surface area contributed by atoms with Gasteiger partial charge >= 0.3 is 0 Å². The highest BCUT2D eigenvalue weighted by molar-refractivity contribution is 5.76. The third-order valence-corrected chi connectivity index (χ3v) is 3.31. The number of hydrogen-bond acceptors (Lipinski definition) is 2. The van der Waals surface area contributed by atoms with E-state index in [1.165, 1.54) is 11.1 Å². The summed E-state index contributed by atoms with van der Waals surface area (Å²) in [4.78, 5) is 10.8. The maximum Gasteiger partial charge on any atom is 0.221 e. The van der Waals surface area contributed by atoms with E-state index in [1.807, 2.05) is 24.3 Å². The van der Waals surface area contributed by atoms with Crippen LogP contribution in [0.5, 0.6) is 0 Å². The number of primary amides is 1. The molecule has 20 heavy (non-hydrogen) atoms. The molecule has 0 saturated carbocycles. The molecule has 0 aliphatic carbocycles. The van der Waals surface area contributed by atoms with Crippen LogP contribution in [0, 0.1) is 0 Å². The first-order valence-corrected chi connectivity index (χ1v) is 6.87. The Morgan fingerprint density at radius 1 is 1.05 bits per heavy atom. The number of nitrogens with one attached hydrogen (secondary N) is 1. The molecule has 0 bridgehead atoms. The van der Waals surface area contributed by atoms with Gasteiger partial charge in [0.1, 0.15) is 0 Å². The fraction of sp³-hybridized carbons (Fsp3) is 0.235. The fourth-order valence-corrected chi connectivity index (χ4v) is 2.21. The second kappa shape index (κ2) is 6.75. The van der Waals surface area contributed by atoms with E-state index >= 15 is 0 Å². The lowest BCUT2D eigenvalue weighted by molar-refractivity contribution is -0.117. The Bertz CT molecular complexity index is 576. The molecule has 2 aromatic carbocycles. The van der Waals surface area contributed by atoms with E-state index in [4.69, 9.17) is 5.73 Å². The van der Waals surface area contributed by atoms with Crippen molar-refractivity contribution in [1.29, 1.82) is 0 Å². The molecule has 3 N–H and O–H groups in total. The van der Waals surface area contributed by atoms with Crippen molar-refractivity contribution in [3.63, 3.8) is 0 Å². The van der Waals surface area contributed by atoms with Crippen LogP contribution < -0.4 is 11.1 Å². The third-order valence-electron chi connectivity index (χ3n) is 3.31. The van der Waals surface area contributed by atoms with Crippen LogP contribution in [0.25, 0.3) is 0 Å². The minimum absolute atomic E-state index is 0.291. The highest BCUT2D eigenvalue weighted by Crippen LogP contribution is 2.14. The second-order valence-corrected chi connectivity index (χ2v) is 4.82. The monoisotopic (exact) mass is 268 g/mol. The SMILES string of the molecule is CCc1ccccc1CNc1ccc(CC(N)=O)cc1. The molecule has 3 nitrogen and oxygen atoms in total. The van der Waals surface area contributed by atoms with Gasteiger partial charge in [-0.25, -0.2) is 0 Å². The Labute approximate surface area is 119 Å². The molecule has 0 aliphatic heterocycles. The minimum Gasteiger partial charge on any atom is -0.381 e. The molecular weight excluding hydrogens is 248 g/mol. The van der Waals surface area contributed by atoms with Crippen LogP contribution in [-0.2, 0) is 24.2 Å². The van der Waals surface area contributed by atoms with E-state index in [0.29, 0.717) is 6.42 Å². The molecule has 0 radical (unpaired) electrons.